The summed E-state index contributed by atoms with van der Waals surface area (Å²) in [5, 5.41) is 3.01. The average molecular weight is 385 g/mol. The summed E-state index contributed by atoms with van der Waals surface area (Å²) >= 11 is 7.52. The minimum atomic E-state index is -2.88. The van der Waals surface area contributed by atoms with Crippen LogP contribution in [0.15, 0.2) is 72.8 Å². The molecule has 134 valence electrons. The van der Waals surface area contributed by atoms with Crippen LogP contribution in [-0.4, -0.2) is 28.7 Å². The van der Waals surface area contributed by atoms with Gasteiger partial charge in [0.15, 0.2) is 0 Å². The van der Waals surface area contributed by atoms with Crippen molar-refractivity contribution in [2.45, 2.75) is 0 Å². The molecular weight excluding hydrogens is 364 g/mol. The van der Waals surface area contributed by atoms with E-state index in [9.17, 15) is 0 Å². The molecule has 0 aliphatic heterocycles. The third kappa shape index (κ3) is 3.18. The number of halogens is 1. The molecule has 0 aromatic heterocycles. The van der Waals surface area contributed by atoms with Crippen LogP contribution in [0.4, 0.5) is 0 Å². The second kappa shape index (κ2) is 7.85. The first-order valence-electron chi connectivity index (χ1n) is 8.25. The molecule has 1 atom stereocenters. The predicted octanol–water partition coefficient (Wildman–Crippen LogP) is 2.92. The van der Waals surface area contributed by atoms with E-state index in [2.05, 4.69) is 12.1 Å². The molecule has 0 amide bonds. The molecular formula is C21H21ClO3Si. The van der Waals surface area contributed by atoms with Crippen molar-refractivity contribution < 1.29 is 14.2 Å². The van der Waals surface area contributed by atoms with E-state index in [0.29, 0.717) is 0 Å². The second-order valence-electron chi connectivity index (χ2n) is 5.79. The molecule has 0 spiro atoms. The van der Waals surface area contributed by atoms with Gasteiger partial charge in [-0.1, -0.05) is 48.5 Å². The van der Waals surface area contributed by atoms with E-state index in [1.165, 1.54) is 0 Å². The molecule has 0 saturated carbocycles. The zero-order valence-corrected chi connectivity index (χ0v) is 16.8. The number of ether oxygens (including phenoxy) is 3. The van der Waals surface area contributed by atoms with Gasteiger partial charge >= 0.3 is 0 Å². The van der Waals surface area contributed by atoms with E-state index in [0.717, 1.165) is 32.8 Å². The molecule has 0 aliphatic rings. The predicted molar refractivity (Wildman–Crippen MR) is 109 cm³/mol. The summed E-state index contributed by atoms with van der Waals surface area (Å²) in [4.78, 5) is 0. The Labute approximate surface area is 159 Å². The van der Waals surface area contributed by atoms with Gasteiger partial charge in [0.05, 0.1) is 21.3 Å². The van der Waals surface area contributed by atoms with Gasteiger partial charge in [0.25, 0.3) is 7.38 Å². The van der Waals surface area contributed by atoms with Crippen LogP contribution in [0.25, 0.3) is 0 Å². The Morgan fingerprint density at radius 3 is 1.65 bits per heavy atom. The van der Waals surface area contributed by atoms with E-state index in [1.54, 1.807) is 21.3 Å². The lowest BCUT2D eigenvalue weighted by Gasteiger charge is -2.29. The van der Waals surface area contributed by atoms with Crippen molar-refractivity contribution in [1.82, 2.24) is 0 Å². The fraction of sp³-hybridized carbons (Fsp3) is 0.143. The van der Waals surface area contributed by atoms with Gasteiger partial charge in [-0.3, -0.25) is 0 Å². The Bertz CT molecular complexity index is 846. The molecule has 3 aromatic carbocycles. The van der Waals surface area contributed by atoms with Crippen molar-refractivity contribution in [3.63, 3.8) is 0 Å². The van der Waals surface area contributed by atoms with Gasteiger partial charge in [0, 0.05) is 5.19 Å². The Morgan fingerprint density at radius 2 is 1.15 bits per heavy atom. The fourth-order valence-corrected chi connectivity index (χ4v) is 7.69. The molecule has 0 aliphatic carbocycles. The highest BCUT2D eigenvalue weighted by Crippen LogP contribution is 2.25. The summed E-state index contributed by atoms with van der Waals surface area (Å²) in [6.07, 6.45) is 0. The lowest BCUT2D eigenvalue weighted by Crippen LogP contribution is -2.63. The number of hydrogen-bond acceptors (Lipinski definition) is 3. The van der Waals surface area contributed by atoms with Crippen molar-refractivity contribution in [1.29, 1.82) is 0 Å². The van der Waals surface area contributed by atoms with Gasteiger partial charge in [-0.05, 0) is 34.6 Å². The van der Waals surface area contributed by atoms with Crippen molar-refractivity contribution >= 4 is 34.0 Å². The molecule has 0 heterocycles. The highest BCUT2D eigenvalue weighted by atomic mass is 35.6. The van der Waals surface area contributed by atoms with E-state index in [4.69, 9.17) is 25.3 Å². The molecule has 0 unspecified atom stereocenters. The monoisotopic (exact) mass is 384 g/mol. The lowest BCUT2D eigenvalue weighted by molar-refractivity contribution is 0.400. The maximum absolute atomic E-state index is 7.52. The Hall–Kier alpha value is -2.43. The third-order valence-electron chi connectivity index (χ3n) is 4.43. The topological polar surface area (TPSA) is 27.7 Å². The quantitative estimate of drug-likeness (QED) is 0.371. The number of hydrogen-bond donors (Lipinski definition) is 0. The Morgan fingerprint density at radius 1 is 0.615 bits per heavy atom. The third-order valence-corrected chi connectivity index (χ3v) is 9.75. The van der Waals surface area contributed by atoms with Crippen molar-refractivity contribution in [2.75, 3.05) is 21.3 Å². The highest BCUT2D eigenvalue weighted by Gasteiger charge is 2.42. The van der Waals surface area contributed by atoms with Gasteiger partial charge in [-0.2, -0.15) is 0 Å². The maximum Gasteiger partial charge on any atom is 0.255 e. The molecule has 0 saturated heterocycles. The van der Waals surface area contributed by atoms with Crippen LogP contribution in [0.5, 0.6) is 17.2 Å². The van der Waals surface area contributed by atoms with Crippen LogP contribution in [0.2, 0.25) is 0 Å². The average Bonchev–Trinajstić information content (AvgIpc) is 2.73. The minimum Gasteiger partial charge on any atom is -0.497 e. The van der Waals surface area contributed by atoms with Gasteiger partial charge in [0.1, 0.15) is 17.2 Å². The zero-order chi connectivity index (χ0) is 18.6. The first-order valence-corrected chi connectivity index (χ1v) is 11.3. The molecule has 0 N–H and O–H groups in total. The SMILES string of the molecule is COc1ccc([Si@](Cl)(c2ccccc2)c2c(OC)cccc2OC)cc1. The van der Waals surface area contributed by atoms with Crippen molar-refractivity contribution in [3.8, 4) is 17.2 Å². The molecule has 0 radical (unpaired) electrons. The molecule has 0 bridgehead atoms. The molecule has 3 nitrogen and oxygen atoms in total. The van der Waals surface area contributed by atoms with Crippen LogP contribution >= 0.6 is 11.1 Å². The summed E-state index contributed by atoms with van der Waals surface area (Å²) in [6.45, 7) is 0. The summed E-state index contributed by atoms with van der Waals surface area (Å²) in [5.41, 5.74) is 0. The normalized spacial score (nSPS) is 12.9. The van der Waals surface area contributed by atoms with Gasteiger partial charge in [0.2, 0.25) is 0 Å². The summed E-state index contributed by atoms with van der Waals surface area (Å²) in [7, 11) is 2.09. The van der Waals surface area contributed by atoms with Crippen LogP contribution in [-0.2, 0) is 0 Å². The van der Waals surface area contributed by atoms with Gasteiger partial charge < -0.3 is 14.2 Å². The van der Waals surface area contributed by atoms with E-state index < -0.39 is 7.38 Å². The van der Waals surface area contributed by atoms with E-state index in [-0.39, 0.29) is 0 Å². The van der Waals surface area contributed by atoms with Crippen LogP contribution in [0, 0.1) is 0 Å². The molecule has 26 heavy (non-hydrogen) atoms. The number of rotatable bonds is 6. The Kier molecular flexibility index (Phi) is 5.54. The van der Waals surface area contributed by atoms with Crippen LogP contribution < -0.4 is 29.8 Å². The van der Waals surface area contributed by atoms with Crippen molar-refractivity contribution in [2.24, 2.45) is 0 Å². The van der Waals surface area contributed by atoms with E-state index >= 15 is 0 Å². The number of benzene rings is 3. The molecule has 5 heteroatoms. The largest absolute Gasteiger partial charge is 0.497 e. The molecule has 0 fully saturated rings. The first-order chi connectivity index (χ1) is 12.6. The highest BCUT2D eigenvalue weighted by molar-refractivity contribution is 7.41. The molecule has 3 rings (SSSR count). The smallest absolute Gasteiger partial charge is 0.255 e. The Balaban J connectivity index is 2.32. The van der Waals surface area contributed by atoms with Gasteiger partial charge in [-0.25, -0.2) is 0 Å². The maximum atomic E-state index is 7.52. The fourth-order valence-electron chi connectivity index (χ4n) is 3.13. The summed E-state index contributed by atoms with van der Waals surface area (Å²) in [5.74, 6) is 2.25. The van der Waals surface area contributed by atoms with Crippen LogP contribution in [0.3, 0.4) is 0 Å². The standard InChI is InChI=1S/C21H21ClO3Si/c1-23-16-12-14-18(15-13-16)26(22,17-8-5-4-6-9-17)21-19(24-2)10-7-11-20(21)25-3/h4-15H,1-3H3/t26-/m1/s1. The minimum absolute atomic E-state index is 0.727. The van der Waals surface area contributed by atoms with Crippen LogP contribution in [0.1, 0.15) is 0 Å². The van der Waals surface area contributed by atoms with Gasteiger partial charge in [-0.15, -0.1) is 11.1 Å². The number of methoxy groups -OCH3 is 3. The van der Waals surface area contributed by atoms with E-state index in [1.807, 2.05) is 60.7 Å². The zero-order valence-electron chi connectivity index (χ0n) is 15.0. The lowest BCUT2D eigenvalue weighted by atomic mass is 10.3. The second-order valence-corrected chi connectivity index (χ2v) is 10.5. The summed E-state index contributed by atoms with van der Waals surface area (Å²) < 4.78 is 16.6. The van der Waals surface area contributed by atoms with Crippen molar-refractivity contribution in [3.05, 3.63) is 72.8 Å². The first kappa shape index (κ1) is 18.4. The molecule has 3 aromatic rings. The summed E-state index contributed by atoms with van der Waals surface area (Å²) in [6, 6.07) is 23.8.